The minimum absolute atomic E-state index is 0.132. The molecular weight excluding hydrogens is 340 g/mol. The van der Waals surface area contributed by atoms with E-state index in [0.29, 0.717) is 12.3 Å². The van der Waals surface area contributed by atoms with Crippen LogP contribution in [0.4, 0.5) is 0 Å². The van der Waals surface area contributed by atoms with Gasteiger partial charge in [-0.3, -0.25) is 9.69 Å². The van der Waals surface area contributed by atoms with E-state index in [1.165, 1.54) is 31.5 Å². The van der Waals surface area contributed by atoms with Gasteiger partial charge >= 0.3 is 0 Å². The molecule has 1 amide bonds. The van der Waals surface area contributed by atoms with E-state index in [1.54, 1.807) is 26.2 Å². The number of hydrogen-bond donors (Lipinski definition) is 1. The zero-order valence-electron chi connectivity index (χ0n) is 16.1. The zero-order chi connectivity index (χ0) is 19.1. The van der Waals surface area contributed by atoms with Gasteiger partial charge in [-0.15, -0.1) is 0 Å². The van der Waals surface area contributed by atoms with Crippen molar-refractivity contribution in [3.63, 3.8) is 0 Å². The topological polar surface area (TPSA) is 50.8 Å². The van der Waals surface area contributed by atoms with Crippen molar-refractivity contribution in [3.05, 3.63) is 59.7 Å². The van der Waals surface area contributed by atoms with E-state index in [1.807, 2.05) is 12.1 Å². The second-order valence-corrected chi connectivity index (χ2v) is 6.95. The van der Waals surface area contributed by atoms with Crippen LogP contribution in [-0.2, 0) is 17.9 Å². The molecule has 1 fully saturated rings. The van der Waals surface area contributed by atoms with Crippen LogP contribution in [0.15, 0.2) is 48.5 Å². The minimum atomic E-state index is -0.562. The number of carbonyl (C=O) groups excluding carboxylic acids is 1. The van der Waals surface area contributed by atoms with Crippen LogP contribution in [0.25, 0.3) is 0 Å². The molecule has 0 bridgehead atoms. The summed E-state index contributed by atoms with van der Waals surface area (Å²) in [5, 5.41) is 2.94. The van der Waals surface area contributed by atoms with E-state index < -0.39 is 6.10 Å². The number of methoxy groups -OCH3 is 1. The van der Waals surface area contributed by atoms with Crippen LogP contribution < -0.4 is 14.8 Å². The SMILES string of the molecule is COc1ccc(O[C@@H](C)C(=O)NCc2ccc(CN3CCCC3)cc2)cc1. The summed E-state index contributed by atoms with van der Waals surface area (Å²) in [5.41, 5.74) is 2.41. The normalized spacial score (nSPS) is 15.3. The highest BCUT2D eigenvalue weighted by Gasteiger charge is 2.15. The summed E-state index contributed by atoms with van der Waals surface area (Å²) >= 11 is 0. The van der Waals surface area contributed by atoms with Gasteiger partial charge in [-0.1, -0.05) is 24.3 Å². The number of nitrogens with one attached hydrogen (secondary N) is 1. The molecule has 5 nitrogen and oxygen atoms in total. The van der Waals surface area contributed by atoms with Gasteiger partial charge in [0.15, 0.2) is 6.10 Å². The van der Waals surface area contributed by atoms with Crippen molar-refractivity contribution >= 4 is 5.91 Å². The maximum atomic E-state index is 12.3. The predicted molar refractivity (Wildman–Crippen MR) is 106 cm³/mol. The quantitative estimate of drug-likeness (QED) is 0.776. The lowest BCUT2D eigenvalue weighted by atomic mass is 10.1. The fourth-order valence-electron chi connectivity index (χ4n) is 3.21. The lowest BCUT2D eigenvalue weighted by molar-refractivity contribution is -0.127. The number of nitrogens with zero attached hydrogens (tertiary/aromatic N) is 1. The Morgan fingerprint density at radius 3 is 2.22 bits per heavy atom. The highest BCUT2D eigenvalue weighted by Crippen LogP contribution is 2.18. The minimum Gasteiger partial charge on any atom is -0.497 e. The smallest absolute Gasteiger partial charge is 0.261 e. The number of rotatable bonds is 8. The van der Waals surface area contributed by atoms with Gasteiger partial charge in [0, 0.05) is 13.1 Å². The molecule has 0 spiro atoms. The maximum absolute atomic E-state index is 12.3. The Morgan fingerprint density at radius 2 is 1.59 bits per heavy atom. The number of carbonyl (C=O) groups is 1. The van der Waals surface area contributed by atoms with Gasteiger partial charge in [-0.25, -0.2) is 0 Å². The Morgan fingerprint density at radius 1 is 1.00 bits per heavy atom. The molecule has 0 aliphatic carbocycles. The molecule has 0 aromatic heterocycles. The van der Waals surface area contributed by atoms with E-state index in [-0.39, 0.29) is 5.91 Å². The molecule has 1 saturated heterocycles. The first-order valence-corrected chi connectivity index (χ1v) is 9.52. The molecule has 0 unspecified atom stereocenters. The molecule has 1 N–H and O–H groups in total. The molecular formula is C22H28N2O3. The molecule has 2 aromatic rings. The van der Waals surface area contributed by atoms with E-state index in [9.17, 15) is 4.79 Å². The standard InChI is InChI=1S/C22H28N2O3/c1-17(27-21-11-9-20(26-2)10-12-21)22(25)23-15-18-5-7-19(8-6-18)16-24-13-3-4-14-24/h5-12,17H,3-4,13-16H2,1-2H3,(H,23,25)/t17-/m0/s1. The average Bonchev–Trinajstić information content (AvgIpc) is 3.21. The van der Waals surface area contributed by atoms with Crippen molar-refractivity contribution in [1.29, 1.82) is 0 Å². The Bertz CT molecular complexity index is 722. The number of amides is 1. The van der Waals surface area contributed by atoms with Crippen LogP contribution in [-0.4, -0.2) is 37.1 Å². The summed E-state index contributed by atoms with van der Waals surface area (Å²) in [7, 11) is 1.62. The molecule has 1 aliphatic heterocycles. The molecule has 144 valence electrons. The Labute approximate surface area is 161 Å². The van der Waals surface area contributed by atoms with Crippen LogP contribution >= 0.6 is 0 Å². The summed E-state index contributed by atoms with van der Waals surface area (Å²) in [6.07, 6.45) is 2.05. The first-order chi connectivity index (χ1) is 13.1. The van der Waals surface area contributed by atoms with Gasteiger partial charge in [0.1, 0.15) is 11.5 Å². The number of benzene rings is 2. The van der Waals surface area contributed by atoms with Gasteiger partial charge in [-0.05, 0) is 68.2 Å². The van der Waals surface area contributed by atoms with Crippen molar-refractivity contribution in [2.24, 2.45) is 0 Å². The average molecular weight is 368 g/mol. The van der Waals surface area contributed by atoms with Crippen LogP contribution in [0.3, 0.4) is 0 Å². The van der Waals surface area contributed by atoms with Crippen molar-refractivity contribution in [2.75, 3.05) is 20.2 Å². The summed E-state index contributed by atoms with van der Waals surface area (Å²) in [6, 6.07) is 15.7. The van der Waals surface area contributed by atoms with E-state index in [0.717, 1.165) is 17.9 Å². The van der Waals surface area contributed by atoms with Crippen LogP contribution in [0.2, 0.25) is 0 Å². The fraction of sp³-hybridized carbons (Fsp3) is 0.409. The first-order valence-electron chi connectivity index (χ1n) is 9.52. The molecule has 2 aromatic carbocycles. The van der Waals surface area contributed by atoms with E-state index in [4.69, 9.17) is 9.47 Å². The monoisotopic (exact) mass is 368 g/mol. The first kappa shape index (κ1) is 19.2. The lowest BCUT2D eigenvalue weighted by Gasteiger charge is -2.16. The Hall–Kier alpha value is -2.53. The maximum Gasteiger partial charge on any atom is 0.261 e. The van der Waals surface area contributed by atoms with Gasteiger partial charge in [0.2, 0.25) is 0 Å². The van der Waals surface area contributed by atoms with Crippen molar-refractivity contribution < 1.29 is 14.3 Å². The highest BCUT2D eigenvalue weighted by atomic mass is 16.5. The summed E-state index contributed by atoms with van der Waals surface area (Å²) in [4.78, 5) is 14.8. The molecule has 5 heteroatoms. The van der Waals surface area contributed by atoms with Crippen LogP contribution in [0.5, 0.6) is 11.5 Å². The van der Waals surface area contributed by atoms with Gasteiger partial charge < -0.3 is 14.8 Å². The Balaban J connectivity index is 1.44. The van der Waals surface area contributed by atoms with Gasteiger partial charge in [0.05, 0.1) is 7.11 Å². The third kappa shape index (κ3) is 5.73. The molecule has 1 aliphatic rings. The van der Waals surface area contributed by atoms with Crippen LogP contribution in [0.1, 0.15) is 30.9 Å². The van der Waals surface area contributed by atoms with E-state index >= 15 is 0 Å². The van der Waals surface area contributed by atoms with Crippen molar-refractivity contribution in [1.82, 2.24) is 10.2 Å². The predicted octanol–water partition coefficient (Wildman–Crippen LogP) is 3.37. The Kier molecular flexibility index (Phi) is 6.71. The molecule has 1 atom stereocenters. The van der Waals surface area contributed by atoms with E-state index in [2.05, 4.69) is 34.5 Å². The van der Waals surface area contributed by atoms with Crippen molar-refractivity contribution in [2.45, 2.75) is 39.0 Å². The summed E-state index contributed by atoms with van der Waals surface area (Å²) in [5.74, 6) is 1.27. The fourth-order valence-corrected chi connectivity index (χ4v) is 3.21. The van der Waals surface area contributed by atoms with Crippen molar-refractivity contribution in [3.8, 4) is 11.5 Å². The zero-order valence-corrected chi connectivity index (χ0v) is 16.1. The van der Waals surface area contributed by atoms with Gasteiger partial charge in [-0.2, -0.15) is 0 Å². The molecule has 0 saturated carbocycles. The van der Waals surface area contributed by atoms with Crippen LogP contribution in [0, 0.1) is 0 Å². The molecule has 27 heavy (non-hydrogen) atoms. The second-order valence-electron chi connectivity index (χ2n) is 6.95. The highest BCUT2D eigenvalue weighted by molar-refractivity contribution is 5.80. The molecule has 0 radical (unpaired) electrons. The molecule has 1 heterocycles. The summed E-state index contributed by atoms with van der Waals surface area (Å²) in [6.45, 7) is 5.66. The number of ether oxygens (including phenoxy) is 2. The third-order valence-electron chi connectivity index (χ3n) is 4.84. The number of hydrogen-bond acceptors (Lipinski definition) is 4. The lowest BCUT2D eigenvalue weighted by Crippen LogP contribution is -2.35. The summed E-state index contributed by atoms with van der Waals surface area (Å²) < 4.78 is 10.8. The van der Waals surface area contributed by atoms with Gasteiger partial charge in [0.25, 0.3) is 5.91 Å². The second kappa shape index (κ2) is 9.42. The molecule has 3 rings (SSSR count). The largest absolute Gasteiger partial charge is 0.497 e. The third-order valence-corrected chi connectivity index (χ3v) is 4.84. The number of likely N-dealkylation sites (tertiary alicyclic amines) is 1.